The van der Waals surface area contributed by atoms with Crippen molar-refractivity contribution in [1.29, 1.82) is 0 Å². The van der Waals surface area contributed by atoms with Crippen LogP contribution in [0.3, 0.4) is 0 Å². The van der Waals surface area contributed by atoms with Gasteiger partial charge in [-0.2, -0.15) is 0 Å². The second kappa shape index (κ2) is 4.29. The highest BCUT2D eigenvalue weighted by molar-refractivity contribution is 6.36. The van der Waals surface area contributed by atoms with Crippen molar-refractivity contribution in [3.05, 3.63) is 33.8 Å². The summed E-state index contributed by atoms with van der Waals surface area (Å²) < 4.78 is 0. The number of benzene rings is 1. The maximum Gasteiger partial charge on any atom is 0.140 e. The Morgan fingerprint density at radius 2 is 1.71 bits per heavy atom. The Labute approximate surface area is 111 Å². The van der Waals surface area contributed by atoms with Gasteiger partial charge in [0.2, 0.25) is 0 Å². The lowest BCUT2D eigenvalue weighted by molar-refractivity contribution is -0.122. The number of hydrogen-bond acceptors (Lipinski definition) is 1. The van der Waals surface area contributed by atoms with Crippen molar-refractivity contribution < 1.29 is 4.79 Å². The number of carbonyl (C=O) groups excluding carboxylic acids is 1. The largest absolute Gasteiger partial charge is 0.299 e. The van der Waals surface area contributed by atoms with Crippen molar-refractivity contribution in [2.45, 2.75) is 25.7 Å². The van der Waals surface area contributed by atoms with Crippen molar-refractivity contribution in [3.63, 3.8) is 0 Å². The van der Waals surface area contributed by atoms with Gasteiger partial charge in [0.05, 0.1) is 0 Å². The minimum absolute atomic E-state index is 0.256. The Morgan fingerprint density at radius 3 is 2.29 bits per heavy atom. The molecule has 2 saturated carbocycles. The molecule has 0 saturated heterocycles. The molecular weight excluding hydrogens is 255 g/mol. The summed E-state index contributed by atoms with van der Waals surface area (Å²) in [5.41, 5.74) is 0.793. The fraction of sp³-hybridized carbons (Fsp3) is 0.500. The summed E-state index contributed by atoms with van der Waals surface area (Å²) in [6, 6.07) is 5.40. The second-order valence-corrected chi connectivity index (χ2v) is 6.08. The Morgan fingerprint density at radius 1 is 1.12 bits per heavy atom. The van der Waals surface area contributed by atoms with Crippen LogP contribution in [0.15, 0.2) is 18.2 Å². The van der Waals surface area contributed by atoms with Crippen LogP contribution in [0.25, 0.3) is 0 Å². The van der Waals surface area contributed by atoms with E-state index >= 15 is 0 Å². The van der Waals surface area contributed by atoms with Gasteiger partial charge in [0, 0.05) is 22.4 Å². The molecule has 3 rings (SSSR count). The van der Waals surface area contributed by atoms with Crippen LogP contribution in [-0.2, 0) is 11.2 Å². The molecule has 2 aliphatic rings. The van der Waals surface area contributed by atoms with Gasteiger partial charge in [-0.3, -0.25) is 4.79 Å². The SMILES string of the molecule is O=C(Cc1c(Cl)cccc1Cl)C1CC2CC2C1. The van der Waals surface area contributed by atoms with Crippen molar-refractivity contribution in [2.75, 3.05) is 0 Å². The van der Waals surface area contributed by atoms with E-state index in [1.165, 1.54) is 6.42 Å². The molecule has 0 heterocycles. The maximum atomic E-state index is 12.2. The van der Waals surface area contributed by atoms with Crippen LogP contribution < -0.4 is 0 Å². The first-order valence-corrected chi connectivity index (χ1v) is 6.86. The molecule has 0 spiro atoms. The lowest BCUT2D eigenvalue weighted by Gasteiger charge is -2.12. The maximum absolute atomic E-state index is 12.2. The van der Waals surface area contributed by atoms with Crippen molar-refractivity contribution in [1.82, 2.24) is 0 Å². The third-order valence-corrected chi connectivity index (χ3v) is 4.82. The zero-order valence-electron chi connectivity index (χ0n) is 9.46. The Hall–Kier alpha value is -0.530. The molecule has 0 radical (unpaired) electrons. The highest BCUT2D eigenvalue weighted by Gasteiger charge is 2.47. The zero-order chi connectivity index (χ0) is 12.0. The highest BCUT2D eigenvalue weighted by atomic mass is 35.5. The molecule has 0 N–H and O–H groups in total. The molecule has 0 amide bonds. The molecule has 0 bridgehead atoms. The Balaban J connectivity index is 1.72. The molecule has 90 valence electrons. The van der Waals surface area contributed by atoms with E-state index in [1.807, 2.05) is 6.07 Å². The monoisotopic (exact) mass is 268 g/mol. The van der Waals surface area contributed by atoms with Crippen LogP contribution in [0.4, 0.5) is 0 Å². The van der Waals surface area contributed by atoms with Gasteiger partial charge in [0.15, 0.2) is 0 Å². The van der Waals surface area contributed by atoms with Gasteiger partial charge in [0.25, 0.3) is 0 Å². The number of ketones is 1. The summed E-state index contributed by atoms with van der Waals surface area (Å²) in [6.07, 6.45) is 3.91. The van der Waals surface area contributed by atoms with E-state index in [9.17, 15) is 4.79 Å². The predicted octanol–water partition coefficient (Wildman–Crippen LogP) is 4.15. The molecule has 2 aliphatic carbocycles. The minimum Gasteiger partial charge on any atom is -0.299 e. The van der Waals surface area contributed by atoms with Crippen LogP contribution in [0, 0.1) is 17.8 Å². The van der Waals surface area contributed by atoms with Gasteiger partial charge in [-0.25, -0.2) is 0 Å². The quantitative estimate of drug-likeness (QED) is 0.805. The average molecular weight is 269 g/mol. The van der Waals surface area contributed by atoms with Crippen LogP contribution in [0.1, 0.15) is 24.8 Å². The topological polar surface area (TPSA) is 17.1 Å². The van der Waals surface area contributed by atoms with Crippen molar-refractivity contribution in [3.8, 4) is 0 Å². The third kappa shape index (κ3) is 2.23. The van der Waals surface area contributed by atoms with E-state index < -0.39 is 0 Å². The highest BCUT2D eigenvalue weighted by Crippen LogP contribution is 2.54. The average Bonchev–Trinajstić information content (AvgIpc) is 2.91. The van der Waals surface area contributed by atoms with Crippen LogP contribution in [-0.4, -0.2) is 5.78 Å². The van der Waals surface area contributed by atoms with Crippen LogP contribution in [0.5, 0.6) is 0 Å². The summed E-state index contributed by atoms with van der Waals surface area (Å²) in [4.78, 5) is 12.2. The van der Waals surface area contributed by atoms with Crippen LogP contribution >= 0.6 is 23.2 Å². The lowest BCUT2D eigenvalue weighted by Crippen LogP contribution is -2.15. The number of hydrogen-bond donors (Lipinski definition) is 0. The minimum atomic E-state index is 0.256. The van der Waals surface area contributed by atoms with Crippen molar-refractivity contribution >= 4 is 29.0 Å². The number of fused-ring (bicyclic) bond motifs is 1. The summed E-state index contributed by atoms with van der Waals surface area (Å²) in [5.74, 6) is 2.25. The molecule has 2 atom stereocenters. The standard InChI is InChI=1S/C14H14Cl2O/c15-12-2-1-3-13(16)11(12)7-14(17)10-5-8-4-9(8)6-10/h1-3,8-10H,4-7H2. The first-order valence-electron chi connectivity index (χ1n) is 6.10. The second-order valence-electron chi connectivity index (χ2n) is 5.27. The summed E-state index contributed by atoms with van der Waals surface area (Å²) in [5, 5.41) is 1.21. The fourth-order valence-electron chi connectivity index (χ4n) is 3.00. The molecule has 0 aliphatic heterocycles. The van der Waals surface area contributed by atoms with E-state index in [4.69, 9.17) is 23.2 Å². The normalized spacial score (nSPS) is 30.1. The van der Waals surface area contributed by atoms with E-state index in [0.717, 1.165) is 30.2 Å². The smallest absolute Gasteiger partial charge is 0.140 e. The number of halogens is 2. The first-order chi connectivity index (χ1) is 8.15. The van der Waals surface area contributed by atoms with E-state index in [2.05, 4.69) is 0 Å². The number of carbonyl (C=O) groups is 1. The molecular formula is C14H14Cl2O. The molecule has 1 aromatic carbocycles. The Bertz CT molecular complexity index is 439. The summed E-state index contributed by atoms with van der Waals surface area (Å²) in [6.45, 7) is 0. The van der Waals surface area contributed by atoms with E-state index in [0.29, 0.717) is 22.2 Å². The molecule has 1 aromatic rings. The number of rotatable bonds is 3. The predicted molar refractivity (Wildman–Crippen MR) is 69.5 cm³/mol. The van der Waals surface area contributed by atoms with Gasteiger partial charge in [0.1, 0.15) is 5.78 Å². The molecule has 0 aromatic heterocycles. The zero-order valence-corrected chi connectivity index (χ0v) is 11.0. The summed E-state index contributed by atoms with van der Waals surface area (Å²) >= 11 is 12.2. The van der Waals surface area contributed by atoms with Gasteiger partial charge in [-0.05, 0) is 48.8 Å². The molecule has 2 fully saturated rings. The van der Waals surface area contributed by atoms with E-state index in [1.54, 1.807) is 12.1 Å². The Kier molecular flexibility index (Phi) is 2.92. The molecule has 1 nitrogen and oxygen atoms in total. The molecule has 17 heavy (non-hydrogen) atoms. The molecule has 3 heteroatoms. The number of Topliss-reactive ketones (excluding diaryl/α,β-unsaturated/α-hetero) is 1. The lowest BCUT2D eigenvalue weighted by atomic mass is 9.93. The molecule has 2 unspecified atom stereocenters. The fourth-order valence-corrected chi connectivity index (χ4v) is 3.53. The van der Waals surface area contributed by atoms with Crippen LogP contribution in [0.2, 0.25) is 10.0 Å². The van der Waals surface area contributed by atoms with Gasteiger partial charge < -0.3 is 0 Å². The van der Waals surface area contributed by atoms with Gasteiger partial charge >= 0.3 is 0 Å². The summed E-state index contributed by atoms with van der Waals surface area (Å²) in [7, 11) is 0. The van der Waals surface area contributed by atoms with Gasteiger partial charge in [-0.15, -0.1) is 0 Å². The van der Waals surface area contributed by atoms with E-state index in [-0.39, 0.29) is 5.92 Å². The first kappa shape index (κ1) is 11.6. The van der Waals surface area contributed by atoms with Gasteiger partial charge in [-0.1, -0.05) is 29.3 Å². The van der Waals surface area contributed by atoms with Crippen molar-refractivity contribution in [2.24, 2.45) is 17.8 Å². The third-order valence-electron chi connectivity index (χ3n) is 4.11.